The number of halogens is 2. The molecule has 22 heavy (non-hydrogen) atoms. The zero-order valence-electron chi connectivity index (χ0n) is 12.6. The van der Waals surface area contributed by atoms with Gasteiger partial charge in [-0.2, -0.15) is 0 Å². The summed E-state index contributed by atoms with van der Waals surface area (Å²) in [5, 5.41) is 0. The molecule has 0 aromatic heterocycles. The van der Waals surface area contributed by atoms with Crippen LogP contribution < -0.4 is 0 Å². The standard InChI is InChI=1S/C16H21ClFNO2S/c1-2-19-14-4-5-15(19)9-11(8-14)7-12-10-13(18)3-6-16(12)22(17,20)21/h3,6,10-11,14-15H,2,4-5,7-9H2,1H3. The van der Waals surface area contributed by atoms with Gasteiger partial charge in [-0.3, -0.25) is 4.90 Å². The summed E-state index contributed by atoms with van der Waals surface area (Å²) in [7, 11) is 1.66. The SMILES string of the molecule is CCN1C2CCC1CC(Cc1cc(F)ccc1S(=O)(=O)Cl)C2. The second-order valence-corrected chi connectivity index (χ2v) is 8.98. The molecule has 2 fully saturated rings. The lowest BCUT2D eigenvalue weighted by Crippen LogP contribution is -2.43. The van der Waals surface area contributed by atoms with Gasteiger partial charge < -0.3 is 0 Å². The summed E-state index contributed by atoms with van der Waals surface area (Å²) in [5.74, 6) is -0.00713. The maximum Gasteiger partial charge on any atom is 0.261 e. The number of piperidine rings is 1. The third-order valence-corrected chi connectivity index (χ3v) is 6.56. The van der Waals surface area contributed by atoms with Gasteiger partial charge in [0.15, 0.2) is 0 Å². The van der Waals surface area contributed by atoms with Gasteiger partial charge in [0.25, 0.3) is 9.05 Å². The van der Waals surface area contributed by atoms with E-state index in [0.29, 0.717) is 30.0 Å². The van der Waals surface area contributed by atoms with Crippen LogP contribution in [0.25, 0.3) is 0 Å². The molecule has 2 aliphatic heterocycles. The Morgan fingerprint density at radius 2 is 1.91 bits per heavy atom. The molecule has 0 amide bonds. The molecule has 0 spiro atoms. The van der Waals surface area contributed by atoms with Gasteiger partial charge in [0.2, 0.25) is 0 Å². The second-order valence-electron chi connectivity index (χ2n) is 6.45. The second kappa shape index (κ2) is 6.10. The average molecular weight is 346 g/mol. The van der Waals surface area contributed by atoms with Crippen molar-refractivity contribution in [3.05, 3.63) is 29.6 Å². The van der Waals surface area contributed by atoms with Crippen LogP contribution in [0.3, 0.4) is 0 Å². The van der Waals surface area contributed by atoms with Crippen LogP contribution >= 0.6 is 10.7 Å². The molecule has 1 aromatic carbocycles. The van der Waals surface area contributed by atoms with Gasteiger partial charge in [0.1, 0.15) is 5.82 Å². The highest BCUT2D eigenvalue weighted by Crippen LogP contribution is 2.40. The Balaban J connectivity index is 1.81. The molecular formula is C16H21ClFNO2S. The van der Waals surface area contributed by atoms with E-state index < -0.39 is 14.9 Å². The van der Waals surface area contributed by atoms with Gasteiger partial charge in [-0.1, -0.05) is 6.92 Å². The van der Waals surface area contributed by atoms with E-state index >= 15 is 0 Å². The highest BCUT2D eigenvalue weighted by molar-refractivity contribution is 8.13. The zero-order valence-corrected chi connectivity index (χ0v) is 14.2. The van der Waals surface area contributed by atoms with E-state index in [1.54, 1.807) is 0 Å². The first kappa shape index (κ1) is 16.2. The van der Waals surface area contributed by atoms with Crippen molar-refractivity contribution >= 4 is 19.7 Å². The van der Waals surface area contributed by atoms with Crippen LogP contribution in [0.1, 0.15) is 38.2 Å². The first-order valence-electron chi connectivity index (χ1n) is 7.87. The molecule has 3 rings (SSSR count). The molecular weight excluding hydrogens is 325 g/mol. The predicted molar refractivity (Wildman–Crippen MR) is 85.1 cm³/mol. The van der Waals surface area contributed by atoms with Crippen LogP contribution in [-0.4, -0.2) is 31.9 Å². The molecule has 3 nitrogen and oxygen atoms in total. The van der Waals surface area contributed by atoms with E-state index in [0.717, 1.165) is 25.5 Å². The van der Waals surface area contributed by atoms with E-state index in [4.69, 9.17) is 10.7 Å². The first-order chi connectivity index (χ1) is 10.4. The van der Waals surface area contributed by atoms with Crippen molar-refractivity contribution in [3.63, 3.8) is 0 Å². The third-order valence-electron chi connectivity index (χ3n) is 5.14. The van der Waals surface area contributed by atoms with Gasteiger partial charge >= 0.3 is 0 Å². The lowest BCUT2D eigenvalue weighted by atomic mass is 9.86. The summed E-state index contributed by atoms with van der Waals surface area (Å²) >= 11 is 0. The van der Waals surface area contributed by atoms with Crippen molar-refractivity contribution in [3.8, 4) is 0 Å². The normalized spacial score (nSPS) is 29.0. The third kappa shape index (κ3) is 3.17. The molecule has 1 aromatic rings. The van der Waals surface area contributed by atoms with Gasteiger partial charge in [0, 0.05) is 22.8 Å². The Morgan fingerprint density at radius 3 is 2.45 bits per heavy atom. The summed E-state index contributed by atoms with van der Waals surface area (Å²) in [6.07, 6.45) is 5.15. The maximum atomic E-state index is 13.5. The Labute approximate surface area is 135 Å². The number of nitrogens with zero attached hydrogens (tertiary/aromatic N) is 1. The largest absolute Gasteiger partial charge is 0.298 e. The summed E-state index contributed by atoms with van der Waals surface area (Å²) in [6, 6.07) is 4.95. The van der Waals surface area contributed by atoms with E-state index in [1.807, 2.05) is 0 Å². The molecule has 2 saturated heterocycles. The van der Waals surface area contributed by atoms with Crippen LogP contribution in [0.4, 0.5) is 4.39 Å². The summed E-state index contributed by atoms with van der Waals surface area (Å²) in [6.45, 7) is 3.26. The fourth-order valence-electron chi connectivity index (χ4n) is 4.33. The first-order valence-corrected chi connectivity index (χ1v) is 10.2. The van der Waals surface area contributed by atoms with E-state index in [-0.39, 0.29) is 4.90 Å². The summed E-state index contributed by atoms with van der Waals surface area (Å²) in [5.41, 5.74) is 0.518. The minimum absolute atomic E-state index is 0.0563. The number of hydrogen-bond acceptors (Lipinski definition) is 3. The molecule has 0 saturated carbocycles. The summed E-state index contributed by atoms with van der Waals surface area (Å²) in [4.78, 5) is 2.61. The molecule has 2 heterocycles. The van der Waals surface area contributed by atoms with E-state index in [9.17, 15) is 12.8 Å². The summed E-state index contributed by atoms with van der Waals surface area (Å²) < 4.78 is 36.9. The van der Waals surface area contributed by atoms with Crippen LogP contribution in [0, 0.1) is 11.7 Å². The molecule has 2 atom stereocenters. The maximum absolute atomic E-state index is 13.5. The topological polar surface area (TPSA) is 37.4 Å². The smallest absolute Gasteiger partial charge is 0.261 e. The van der Waals surface area contributed by atoms with Gasteiger partial charge in [-0.15, -0.1) is 0 Å². The zero-order chi connectivity index (χ0) is 15.9. The molecule has 0 aliphatic carbocycles. The molecule has 0 N–H and O–H groups in total. The Morgan fingerprint density at radius 1 is 1.27 bits per heavy atom. The Kier molecular flexibility index (Phi) is 4.49. The fraction of sp³-hybridized carbons (Fsp3) is 0.625. The van der Waals surface area contributed by atoms with Crippen molar-refractivity contribution in [1.82, 2.24) is 4.90 Å². The molecule has 122 valence electrons. The van der Waals surface area contributed by atoms with Crippen molar-refractivity contribution in [2.24, 2.45) is 5.92 Å². The quantitative estimate of drug-likeness (QED) is 0.783. The van der Waals surface area contributed by atoms with Gasteiger partial charge in [-0.25, -0.2) is 12.8 Å². The van der Waals surface area contributed by atoms with Crippen molar-refractivity contribution in [1.29, 1.82) is 0 Å². The Bertz CT molecular complexity index is 650. The highest BCUT2D eigenvalue weighted by Gasteiger charge is 2.39. The van der Waals surface area contributed by atoms with Crippen LogP contribution in [0.5, 0.6) is 0 Å². The predicted octanol–water partition coefficient (Wildman–Crippen LogP) is 3.56. The lowest BCUT2D eigenvalue weighted by molar-refractivity contribution is 0.110. The highest BCUT2D eigenvalue weighted by atomic mass is 35.7. The monoisotopic (exact) mass is 345 g/mol. The molecule has 2 bridgehead atoms. The molecule has 0 radical (unpaired) electrons. The van der Waals surface area contributed by atoms with Gasteiger partial charge in [0.05, 0.1) is 4.90 Å². The number of fused-ring (bicyclic) bond motifs is 2. The van der Waals surface area contributed by atoms with E-state index in [2.05, 4.69) is 11.8 Å². The average Bonchev–Trinajstić information content (AvgIpc) is 2.67. The minimum atomic E-state index is -3.83. The van der Waals surface area contributed by atoms with E-state index in [1.165, 1.54) is 25.0 Å². The lowest BCUT2D eigenvalue weighted by Gasteiger charge is -2.38. The number of benzene rings is 1. The van der Waals surface area contributed by atoms with Crippen LogP contribution in [0.2, 0.25) is 0 Å². The van der Waals surface area contributed by atoms with Crippen molar-refractivity contribution in [2.75, 3.05) is 6.54 Å². The molecule has 2 unspecified atom stereocenters. The van der Waals surface area contributed by atoms with Crippen molar-refractivity contribution in [2.45, 2.75) is 56.0 Å². The fourth-order valence-corrected chi connectivity index (χ4v) is 5.46. The van der Waals surface area contributed by atoms with Crippen LogP contribution in [-0.2, 0) is 15.5 Å². The minimum Gasteiger partial charge on any atom is -0.298 e. The molecule has 6 heteroatoms. The van der Waals surface area contributed by atoms with Crippen LogP contribution in [0.15, 0.2) is 23.1 Å². The van der Waals surface area contributed by atoms with Gasteiger partial charge in [-0.05, 0) is 68.3 Å². The Hall–Kier alpha value is -0.650. The van der Waals surface area contributed by atoms with Crippen molar-refractivity contribution < 1.29 is 12.8 Å². The molecule has 2 aliphatic rings. The number of rotatable bonds is 4. The number of hydrogen-bond donors (Lipinski definition) is 0.